The van der Waals surface area contributed by atoms with E-state index in [0.29, 0.717) is 0 Å². The SMILES string of the molecule is CC#CP(CC)CC. The van der Waals surface area contributed by atoms with E-state index in [4.69, 9.17) is 0 Å². The Morgan fingerprint density at radius 3 is 1.88 bits per heavy atom. The zero-order valence-electron chi connectivity index (χ0n) is 5.86. The average Bonchev–Trinajstić information content (AvgIpc) is 1.83. The van der Waals surface area contributed by atoms with Crippen LogP contribution in [-0.2, 0) is 0 Å². The molecule has 0 heterocycles. The molecule has 0 rings (SSSR count). The van der Waals surface area contributed by atoms with E-state index in [-0.39, 0.29) is 7.92 Å². The van der Waals surface area contributed by atoms with E-state index in [1.54, 1.807) is 0 Å². The molecule has 0 atom stereocenters. The van der Waals surface area contributed by atoms with Gasteiger partial charge in [-0.3, -0.25) is 0 Å². The molecule has 0 fully saturated rings. The maximum atomic E-state index is 3.20. The fraction of sp³-hybridized carbons (Fsp3) is 0.714. The lowest BCUT2D eigenvalue weighted by Gasteiger charge is -2.00. The third-order valence-corrected chi connectivity index (χ3v) is 3.10. The van der Waals surface area contributed by atoms with Crippen LogP contribution in [0.25, 0.3) is 0 Å². The molecule has 0 aliphatic rings. The molecule has 0 N–H and O–H groups in total. The Kier molecular flexibility index (Phi) is 5.13. The van der Waals surface area contributed by atoms with Crippen LogP contribution in [0.4, 0.5) is 0 Å². The Labute approximate surface area is 53.4 Å². The van der Waals surface area contributed by atoms with Crippen molar-refractivity contribution in [2.24, 2.45) is 0 Å². The van der Waals surface area contributed by atoms with E-state index < -0.39 is 0 Å². The maximum Gasteiger partial charge on any atom is -0.00236 e. The van der Waals surface area contributed by atoms with Crippen molar-refractivity contribution in [1.29, 1.82) is 0 Å². The van der Waals surface area contributed by atoms with Gasteiger partial charge in [-0.05, 0) is 27.2 Å². The first-order valence-electron chi connectivity index (χ1n) is 3.02. The Bertz CT molecular complexity index is 92.7. The minimum Gasteiger partial charge on any atom is -0.102 e. The molecule has 46 valence electrons. The number of hydrogen-bond donors (Lipinski definition) is 0. The summed E-state index contributed by atoms with van der Waals surface area (Å²) in [4.78, 5) is 0. The van der Waals surface area contributed by atoms with Crippen molar-refractivity contribution < 1.29 is 0 Å². The molecule has 0 aliphatic carbocycles. The smallest absolute Gasteiger partial charge is 0.00236 e. The van der Waals surface area contributed by atoms with Crippen LogP contribution in [0.3, 0.4) is 0 Å². The molecule has 0 aromatic rings. The first-order chi connectivity index (χ1) is 3.85. The van der Waals surface area contributed by atoms with Gasteiger partial charge < -0.3 is 0 Å². The molecule has 1 heteroatoms. The van der Waals surface area contributed by atoms with Crippen molar-refractivity contribution in [1.82, 2.24) is 0 Å². The van der Waals surface area contributed by atoms with Crippen molar-refractivity contribution in [3.63, 3.8) is 0 Å². The third kappa shape index (κ3) is 3.05. The third-order valence-electron chi connectivity index (χ3n) is 1.03. The Balaban J connectivity index is 3.47. The molecule has 0 saturated heterocycles. The number of rotatable bonds is 2. The second kappa shape index (κ2) is 5.13. The summed E-state index contributed by atoms with van der Waals surface area (Å²) in [5.74, 6) is 2.95. The van der Waals surface area contributed by atoms with E-state index in [1.807, 2.05) is 6.92 Å². The highest BCUT2D eigenvalue weighted by Crippen LogP contribution is 2.31. The molecule has 0 aromatic heterocycles. The van der Waals surface area contributed by atoms with Crippen molar-refractivity contribution >= 4 is 7.92 Å². The van der Waals surface area contributed by atoms with Gasteiger partial charge in [0.25, 0.3) is 0 Å². The summed E-state index contributed by atoms with van der Waals surface area (Å²) >= 11 is 0. The summed E-state index contributed by atoms with van der Waals surface area (Å²) in [5.41, 5.74) is 3.20. The van der Waals surface area contributed by atoms with Gasteiger partial charge >= 0.3 is 0 Å². The first-order valence-corrected chi connectivity index (χ1v) is 4.73. The Hall–Kier alpha value is -0.0100. The van der Waals surface area contributed by atoms with Crippen LogP contribution >= 0.6 is 7.92 Å². The number of hydrogen-bond acceptors (Lipinski definition) is 0. The fourth-order valence-electron chi connectivity index (χ4n) is 0.540. The molecule has 0 radical (unpaired) electrons. The highest BCUT2D eigenvalue weighted by molar-refractivity contribution is 7.62. The van der Waals surface area contributed by atoms with E-state index in [2.05, 4.69) is 25.4 Å². The normalized spacial score (nSPS) is 8.50. The summed E-state index contributed by atoms with van der Waals surface area (Å²) in [6, 6.07) is 0. The standard InChI is InChI=1S/C7H13P/c1-4-7-8(5-2)6-3/h5-6H2,1-3H3. The zero-order chi connectivity index (χ0) is 6.41. The average molecular weight is 128 g/mol. The summed E-state index contributed by atoms with van der Waals surface area (Å²) in [5, 5.41) is 0. The van der Waals surface area contributed by atoms with Gasteiger partial charge in [-0.1, -0.05) is 19.5 Å². The van der Waals surface area contributed by atoms with Gasteiger partial charge in [-0.25, -0.2) is 0 Å². The van der Waals surface area contributed by atoms with Crippen LogP contribution in [0.5, 0.6) is 0 Å². The molecule has 0 spiro atoms. The van der Waals surface area contributed by atoms with Gasteiger partial charge in [0.1, 0.15) is 0 Å². The van der Waals surface area contributed by atoms with Crippen LogP contribution in [0.2, 0.25) is 0 Å². The second-order valence-electron chi connectivity index (χ2n) is 1.53. The maximum absolute atomic E-state index is 3.20. The molecular weight excluding hydrogens is 115 g/mol. The van der Waals surface area contributed by atoms with Gasteiger partial charge in [0, 0.05) is 0 Å². The van der Waals surface area contributed by atoms with Crippen LogP contribution in [0, 0.1) is 11.6 Å². The monoisotopic (exact) mass is 128 g/mol. The van der Waals surface area contributed by atoms with Gasteiger partial charge in [0.05, 0.1) is 0 Å². The lowest BCUT2D eigenvalue weighted by molar-refractivity contribution is 1.43. The van der Waals surface area contributed by atoms with Crippen molar-refractivity contribution in [3.8, 4) is 11.6 Å². The molecular formula is C7H13P. The Morgan fingerprint density at radius 2 is 1.75 bits per heavy atom. The largest absolute Gasteiger partial charge is 0.102 e. The van der Waals surface area contributed by atoms with E-state index in [1.165, 1.54) is 12.3 Å². The van der Waals surface area contributed by atoms with E-state index in [0.717, 1.165) is 0 Å². The fourth-order valence-corrected chi connectivity index (χ4v) is 1.62. The van der Waals surface area contributed by atoms with Crippen molar-refractivity contribution in [3.05, 3.63) is 0 Å². The molecule has 0 aromatic carbocycles. The van der Waals surface area contributed by atoms with E-state index in [9.17, 15) is 0 Å². The molecule has 0 nitrogen and oxygen atoms in total. The molecule has 0 unspecified atom stereocenters. The summed E-state index contributed by atoms with van der Waals surface area (Å²) in [6.07, 6.45) is 2.51. The molecule has 0 amide bonds. The van der Waals surface area contributed by atoms with Crippen molar-refractivity contribution in [2.75, 3.05) is 12.3 Å². The predicted molar refractivity (Wildman–Crippen MR) is 41.5 cm³/mol. The summed E-state index contributed by atoms with van der Waals surface area (Å²) in [7, 11) is 0.0826. The van der Waals surface area contributed by atoms with Gasteiger partial charge in [-0.2, -0.15) is 0 Å². The van der Waals surface area contributed by atoms with Crippen LogP contribution in [-0.4, -0.2) is 12.3 Å². The topological polar surface area (TPSA) is 0 Å². The van der Waals surface area contributed by atoms with Crippen LogP contribution < -0.4 is 0 Å². The van der Waals surface area contributed by atoms with Gasteiger partial charge in [-0.15, -0.1) is 5.92 Å². The minimum absolute atomic E-state index is 0.0826. The molecule has 0 bridgehead atoms. The zero-order valence-corrected chi connectivity index (χ0v) is 6.76. The van der Waals surface area contributed by atoms with Crippen molar-refractivity contribution in [2.45, 2.75) is 20.8 Å². The lowest BCUT2D eigenvalue weighted by Crippen LogP contribution is -1.76. The highest BCUT2D eigenvalue weighted by Gasteiger charge is 1.92. The van der Waals surface area contributed by atoms with Gasteiger partial charge in [0.15, 0.2) is 0 Å². The van der Waals surface area contributed by atoms with Gasteiger partial charge in [0.2, 0.25) is 0 Å². The van der Waals surface area contributed by atoms with E-state index >= 15 is 0 Å². The molecule has 8 heavy (non-hydrogen) atoms. The van der Waals surface area contributed by atoms with Crippen LogP contribution in [0.1, 0.15) is 20.8 Å². The molecule has 0 saturated carbocycles. The quantitative estimate of drug-likeness (QED) is 0.396. The molecule has 0 aliphatic heterocycles. The second-order valence-corrected chi connectivity index (χ2v) is 4.10. The van der Waals surface area contributed by atoms with Crippen LogP contribution in [0.15, 0.2) is 0 Å². The minimum atomic E-state index is 0.0826. The Morgan fingerprint density at radius 1 is 1.25 bits per heavy atom. The lowest BCUT2D eigenvalue weighted by atomic mass is 10.8. The highest BCUT2D eigenvalue weighted by atomic mass is 31.1. The predicted octanol–water partition coefficient (Wildman–Crippen LogP) is 2.49. The summed E-state index contributed by atoms with van der Waals surface area (Å²) < 4.78 is 0. The summed E-state index contributed by atoms with van der Waals surface area (Å²) in [6.45, 7) is 6.33. The first kappa shape index (κ1) is 7.99.